The van der Waals surface area contributed by atoms with E-state index in [2.05, 4.69) is 25.2 Å². The minimum atomic E-state index is -4.65. The quantitative estimate of drug-likeness (QED) is 0.203. The van der Waals surface area contributed by atoms with Crippen LogP contribution in [0.15, 0.2) is 42.5 Å². The van der Waals surface area contributed by atoms with Gasteiger partial charge in [0.25, 0.3) is 0 Å². The summed E-state index contributed by atoms with van der Waals surface area (Å²) in [5, 5.41) is 14.3. The van der Waals surface area contributed by atoms with E-state index in [0.29, 0.717) is 47.3 Å². The van der Waals surface area contributed by atoms with Gasteiger partial charge in [-0.3, -0.25) is 10.00 Å². The minimum Gasteiger partial charge on any atom is -0.473 e. The fraction of sp³-hybridized carbons (Fsp3) is 0.400. The summed E-state index contributed by atoms with van der Waals surface area (Å²) in [6, 6.07) is 11.7. The number of aromatic nitrogens is 8. The van der Waals surface area contributed by atoms with Gasteiger partial charge in [-0.15, -0.1) is 10.2 Å². The first kappa shape index (κ1) is 30.4. The van der Waals surface area contributed by atoms with Gasteiger partial charge in [0.15, 0.2) is 5.65 Å². The normalized spacial score (nSPS) is 17.8. The molecule has 5 aromatic rings. The Bertz CT molecular complexity index is 1850. The molecular formula is C30H28ClF4N9O2. The zero-order valence-electron chi connectivity index (χ0n) is 24.3. The van der Waals surface area contributed by atoms with E-state index in [1.54, 1.807) is 24.3 Å². The number of halogens is 5. The average molecular weight is 658 g/mol. The molecular weight excluding hydrogens is 630 g/mol. The number of pyridine rings is 1. The highest BCUT2D eigenvalue weighted by Crippen LogP contribution is 2.31. The van der Waals surface area contributed by atoms with Gasteiger partial charge in [0.2, 0.25) is 17.5 Å². The predicted octanol–water partition coefficient (Wildman–Crippen LogP) is 5.57. The van der Waals surface area contributed by atoms with Crippen molar-refractivity contribution in [1.82, 2.24) is 44.8 Å². The number of likely N-dealkylation sites (tertiary alicyclic amines) is 1. The van der Waals surface area contributed by atoms with Crippen molar-refractivity contribution >= 4 is 22.8 Å². The third kappa shape index (κ3) is 6.52. The van der Waals surface area contributed by atoms with E-state index in [-0.39, 0.29) is 30.1 Å². The van der Waals surface area contributed by atoms with Crippen LogP contribution in [-0.2, 0) is 30.6 Å². The first-order chi connectivity index (χ1) is 22.2. The first-order valence-electron chi connectivity index (χ1n) is 14.8. The summed E-state index contributed by atoms with van der Waals surface area (Å²) in [5.41, 5.74) is 2.43. The molecule has 16 heteroatoms. The van der Waals surface area contributed by atoms with Crippen LogP contribution in [0.5, 0.6) is 5.88 Å². The number of hydrogen-bond acceptors (Lipinski definition) is 9. The average Bonchev–Trinajstić information content (AvgIpc) is 3.64. The van der Waals surface area contributed by atoms with Crippen molar-refractivity contribution in [2.45, 2.75) is 57.2 Å². The van der Waals surface area contributed by atoms with Gasteiger partial charge in [-0.25, -0.2) is 19.3 Å². The Morgan fingerprint density at radius 2 is 1.85 bits per heavy atom. The summed E-state index contributed by atoms with van der Waals surface area (Å²) >= 11 is 5.84. The number of nitrogens with zero attached hydrogens (tertiary/aromatic N) is 8. The van der Waals surface area contributed by atoms with Crippen molar-refractivity contribution in [3.05, 3.63) is 76.2 Å². The molecule has 0 amide bonds. The van der Waals surface area contributed by atoms with Crippen LogP contribution in [0, 0.1) is 5.82 Å². The smallest absolute Gasteiger partial charge is 0.451 e. The summed E-state index contributed by atoms with van der Waals surface area (Å²) in [7, 11) is 0. The lowest BCUT2D eigenvalue weighted by atomic mass is 9.93. The zero-order valence-corrected chi connectivity index (χ0v) is 25.1. The van der Waals surface area contributed by atoms with Crippen molar-refractivity contribution in [2.24, 2.45) is 0 Å². The van der Waals surface area contributed by atoms with Crippen molar-refractivity contribution < 1.29 is 27.0 Å². The molecule has 240 valence electrons. The number of ether oxygens (including phenoxy) is 2. The van der Waals surface area contributed by atoms with Gasteiger partial charge in [-0.1, -0.05) is 23.7 Å². The van der Waals surface area contributed by atoms with Crippen LogP contribution in [-0.4, -0.2) is 70.6 Å². The lowest BCUT2D eigenvalue weighted by Gasteiger charge is -2.32. The van der Waals surface area contributed by atoms with Crippen LogP contribution in [0.3, 0.4) is 0 Å². The Balaban J connectivity index is 1.03. The van der Waals surface area contributed by atoms with E-state index >= 15 is 0 Å². The lowest BCUT2D eigenvalue weighted by molar-refractivity contribution is -0.144. The van der Waals surface area contributed by atoms with E-state index in [1.165, 1.54) is 6.07 Å². The molecule has 0 radical (unpaired) electrons. The highest BCUT2D eigenvalue weighted by atomic mass is 35.5. The Labute approximate surface area is 264 Å². The second kappa shape index (κ2) is 12.5. The Kier molecular flexibility index (Phi) is 8.29. The molecule has 1 atom stereocenters. The molecule has 0 spiro atoms. The van der Waals surface area contributed by atoms with Gasteiger partial charge in [0, 0.05) is 34.9 Å². The minimum absolute atomic E-state index is 0.0301. The summed E-state index contributed by atoms with van der Waals surface area (Å²) < 4.78 is 66.7. The van der Waals surface area contributed by atoms with Crippen molar-refractivity contribution in [1.29, 1.82) is 0 Å². The van der Waals surface area contributed by atoms with Gasteiger partial charge >= 0.3 is 6.18 Å². The summed E-state index contributed by atoms with van der Waals surface area (Å²) in [5.74, 6) is -0.408. The maximum atomic E-state index is 14.2. The monoisotopic (exact) mass is 657 g/mol. The van der Waals surface area contributed by atoms with Gasteiger partial charge in [-0.05, 0) is 56.6 Å². The van der Waals surface area contributed by atoms with E-state index < -0.39 is 17.8 Å². The maximum Gasteiger partial charge on any atom is 0.451 e. The molecule has 1 aromatic carbocycles. The van der Waals surface area contributed by atoms with Gasteiger partial charge in [0.1, 0.15) is 29.5 Å². The van der Waals surface area contributed by atoms with Gasteiger partial charge in [-0.2, -0.15) is 18.3 Å². The lowest BCUT2D eigenvalue weighted by Crippen LogP contribution is -2.35. The van der Waals surface area contributed by atoms with Gasteiger partial charge in [0.05, 0.1) is 19.2 Å². The molecule has 0 aliphatic carbocycles. The molecule has 2 aliphatic heterocycles. The Hall–Kier alpha value is -4.21. The maximum absolute atomic E-state index is 14.2. The number of nitrogens with one attached hydrogen (secondary N) is 1. The number of rotatable bonds is 9. The molecule has 7 rings (SSSR count). The van der Waals surface area contributed by atoms with Gasteiger partial charge < -0.3 is 14.0 Å². The van der Waals surface area contributed by atoms with Crippen molar-refractivity contribution in [3.8, 4) is 17.4 Å². The molecule has 0 unspecified atom stereocenters. The van der Waals surface area contributed by atoms with Crippen LogP contribution < -0.4 is 4.74 Å². The molecule has 11 nitrogen and oxygen atoms in total. The first-order valence-corrected chi connectivity index (χ1v) is 15.2. The third-order valence-corrected chi connectivity index (χ3v) is 8.48. The van der Waals surface area contributed by atoms with Crippen molar-refractivity contribution in [2.75, 3.05) is 19.7 Å². The Morgan fingerprint density at radius 3 is 2.57 bits per heavy atom. The second-order valence-corrected chi connectivity index (χ2v) is 11.8. The number of benzene rings is 1. The predicted molar refractivity (Wildman–Crippen MR) is 157 cm³/mol. The number of imidazole rings is 1. The molecule has 1 N–H and O–H groups in total. The molecule has 4 aromatic heterocycles. The zero-order chi connectivity index (χ0) is 31.8. The summed E-state index contributed by atoms with van der Waals surface area (Å²) in [4.78, 5) is 15.4. The fourth-order valence-electron chi connectivity index (χ4n) is 5.64. The molecule has 46 heavy (non-hydrogen) atoms. The van der Waals surface area contributed by atoms with E-state index in [0.717, 1.165) is 43.9 Å². The molecule has 0 bridgehead atoms. The number of hydrogen-bond donors (Lipinski definition) is 1. The number of H-pyrrole nitrogens is 1. The number of fused-ring (bicyclic) bond motifs is 1. The summed E-state index contributed by atoms with van der Waals surface area (Å²) in [6.07, 6.45) is -1.98. The van der Waals surface area contributed by atoms with Crippen LogP contribution in [0.25, 0.3) is 22.7 Å². The highest BCUT2D eigenvalue weighted by Gasteiger charge is 2.35. The number of piperidine rings is 1. The van der Waals surface area contributed by atoms with Crippen LogP contribution in [0.4, 0.5) is 17.6 Å². The number of aromatic amines is 1. The molecule has 2 fully saturated rings. The fourth-order valence-corrected chi connectivity index (χ4v) is 5.80. The van der Waals surface area contributed by atoms with E-state index in [9.17, 15) is 17.6 Å². The van der Waals surface area contributed by atoms with Crippen LogP contribution >= 0.6 is 11.6 Å². The van der Waals surface area contributed by atoms with E-state index in [4.69, 9.17) is 31.0 Å². The molecule has 2 saturated heterocycles. The van der Waals surface area contributed by atoms with Crippen LogP contribution in [0.1, 0.15) is 48.1 Å². The third-order valence-electron chi connectivity index (χ3n) is 8.24. The molecule has 2 aliphatic rings. The SMILES string of the molecule is Fc1cc(Cl)ccc1COc1cccc(C2CCN(Cc3nc4cc(-c5n[nH]c(C(F)(F)F)n5)nnc4n3C[C@@H]3CCO3)CC2)n1. The largest absolute Gasteiger partial charge is 0.473 e. The Morgan fingerprint density at radius 1 is 1.02 bits per heavy atom. The molecule has 6 heterocycles. The van der Waals surface area contributed by atoms with Crippen LogP contribution in [0.2, 0.25) is 5.02 Å². The highest BCUT2D eigenvalue weighted by molar-refractivity contribution is 6.30. The molecule has 0 saturated carbocycles. The standard InChI is InChI=1S/C30H28ClF4N9O2/c31-19-5-4-18(21(32)12-19)16-46-26-3-1-2-22(37-26)17-6-9-43(10-7-17)15-25-36-24-13-23(27-38-29(42-40-27)30(33,34)35)39-41-28(24)44(25)14-20-8-11-45-20/h1-5,12-13,17,20H,6-11,14-16H2,(H,38,40,42)/t20-/m0/s1. The number of alkyl halides is 3. The summed E-state index contributed by atoms with van der Waals surface area (Å²) in [6.45, 7) is 3.43. The topological polar surface area (TPSA) is 120 Å². The van der Waals surface area contributed by atoms with Crippen molar-refractivity contribution in [3.63, 3.8) is 0 Å². The second-order valence-electron chi connectivity index (χ2n) is 11.3. The van der Waals surface area contributed by atoms with E-state index in [1.807, 2.05) is 21.8 Å².